The van der Waals surface area contributed by atoms with Gasteiger partial charge in [0.15, 0.2) is 4.96 Å². The predicted octanol–water partition coefficient (Wildman–Crippen LogP) is 2.03. The van der Waals surface area contributed by atoms with Crippen LogP contribution in [0.25, 0.3) is 4.96 Å². The Labute approximate surface area is 113 Å². The molecule has 0 aliphatic rings. The maximum atomic E-state index is 12.0. The summed E-state index contributed by atoms with van der Waals surface area (Å²) in [7, 11) is 0. The number of thiazole rings is 1. The number of nitrogens with zero attached hydrogens (tertiary/aromatic N) is 3. The molecule has 0 fully saturated rings. The van der Waals surface area contributed by atoms with Crippen LogP contribution < -0.4 is 5.32 Å². The van der Waals surface area contributed by atoms with Crippen LogP contribution in [0.1, 0.15) is 21.7 Å². The summed E-state index contributed by atoms with van der Waals surface area (Å²) in [5.74, 6) is -0.167. The van der Waals surface area contributed by atoms with E-state index in [1.807, 2.05) is 28.8 Å². The molecule has 0 unspecified atom stereocenters. The van der Waals surface area contributed by atoms with Crippen molar-refractivity contribution in [1.82, 2.24) is 19.7 Å². The molecule has 0 radical (unpaired) electrons. The van der Waals surface area contributed by atoms with Crippen LogP contribution in [0.15, 0.2) is 36.1 Å². The van der Waals surface area contributed by atoms with Crippen LogP contribution in [-0.2, 0) is 6.54 Å². The molecule has 3 aromatic heterocycles. The molecule has 1 N–H and O–H groups in total. The fraction of sp³-hybridized carbons (Fsp3) is 0.154. The first kappa shape index (κ1) is 11.9. The lowest BCUT2D eigenvalue weighted by Crippen LogP contribution is -2.23. The molecular weight excluding hydrogens is 260 g/mol. The van der Waals surface area contributed by atoms with Gasteiger partial charge in [-0.2, -0.15) is 0 Å². The molecule has 0 aliphatic heterocycles. The molecule has 6 heteroatoms. The number of hydrogen-bond donors (Lipinski definition) is 1. The van der Waals surface area contributed by atoms with E-state index in [9.17, 15) is 4.79 Å². The normalized spacial score (nSPS) is 10.8. The highest BCUT2D eigenvalue weighted by atomic mass is 32.1. The summed E-state index contributed by atoms with van der Waals surface area (Å²) in [5, 5.41) is 4.85. The van der Waals surface area contributed by atoms with Crippen molar-refractivity contribution in [1.29, 1.82) is 0 Å². The summed E-state index contributed by atoms with van der Waals surface area (Å²) in [5.41, 5.74) is 2.49. The molecule has 0 aromatic carbocycles. The van der Waals surface area contributed by atoms with Crippen LogP contribution in [0.5, 0.6) is 0 Å². The summed E-state index contributed by atoms with van der Waals surface area (Å²) in [6, 6.07) is 3.76. The smallest absolute Gasteiger partial charge is 0.271 e. The van der Waals surface area contributed by atoms with Gasteiger partial charge in [-0.3, -0.25) is 14.2 Å². The van der Waals surface area contributed by atoms with Gasteiger partial charge in [0.1, 0.15) is 5.69 Å². The highest BCUT2D eigenvalue weighted by Crippen LogP contribution is 2.15. The van der Waals surface area contributed by atoms with Crippen LogP contribution in [0.2, 0.25) is 0 Å². The number of nitrogens with one attached hydrogen (secondary N) is 1. The third kappa shape index (κ3) is 2.34. The van der Waals surface area contributed by atoms with Gasteiger partial charge in [-0.05, 0) is 18.6 Å². The van der Waals surface area contributed by atoms with E-state index in [-0.39, 0.29) is 5.91 Å². The Morgan fingerprint density at radius 2 is 2.42 bits per heavy atom. The van der Waals surface area contributed by atoms with Gasteiger partial charge in [-0.15, -0.1) is 11.3 Å². The minimum absolute atomic E-state index is 0.167. The van der Waals surface area contributed by atoms with Crippen molar-refractivity contribution in [2.24, 2.45) is 0 Å². The SMILES string of the molecule is Cc1csc2nc(C(=O)NCc3cccnc3)cn12. The van der Waals surface area contributed by atoms with Gasteiger partial charge in [0.25, 0.3) is 5.91 Å². The Morgan fingerprint density at radius 1 is 1.53 bits per heavy atom. The highest BCUT2D eigenvalue weighted by Gasteiger charge is 2.12. The first-order chi connectivity index (χ1) is 9.24. The molecule has 0 bridgehead atoms. The van der Waals surface area contributed by atoms with Gasteiger partial charge in [0.05, 0.1) is 0 Å². The van der Waals surface area contributed by atoms with Crippen molar-refractivity contribution in [3.8, 4) is 0 Å². The molecule has 96 valence electrons. The van der Waals surface area contributed by atoms with Crippen LogP contribution in [0.4, 0.5) is 0 Å². The molecule has 3 aromatic rings. The topological polar surface area (TPSA) is 59.3 Å². The molecule has 0 spiro atoms. The molecule has 3 heterocycles. The first-order valence-electron chi connectivity index (χ1n) is 5.84. The van der Waals surface area contributed by atoms with Gasteiger partial charge >= 0.3 is 0 Å². The lowest BCUT2D eigenvalue weighted by Gasteiger charge is -2.02. The molecule has 0 atom stereocenters. The van der Waals surface area contributed by atoms with Gasteiger partial charge in [-0.1, -0.05) is 6.07 Å². The molecular formula is C13H12N4OS. The second kappa shape index (κ2) is 4.81. The zero-order valence-electron chi connectivity index (χ0n) is 10.3. The lowest BCUT2D eigenvalue weighted by molar-refractivity contribution is 0.0946. The summed E-state index contributed by atoms with van der Waals surface area (Å²) in [6.07, 6.45) is 5.20. The summed E-state index contributed by atoms with van der Waals surface area (Å²) in [6.45, 7) is 2.44. The van der Waals surface area contributed by atoms with E-state index >= 15 is 0 Å². The number of aryl methyl sites for hydroxylation is 1. The van der Waals surface area contributed by atoms with E-state index < -0.39 is 0 Å². The minimum Gasteiger partial charge on any atom is -0.347 e. The largest absolute Gasteiger partial charge is 0.347 e. The second-order valence-electron chi connectivity index (χ2n) is 4.20. The summed E-state index contributed by atoms with van der Waals surface area (Å²) >= 11 is 1.53. The van der Waals surface area contributed by atoms with Gasteiger partial charge < -0.3 is 5.32 Å². The van der Waals surface area contributed by atoms with E-state index in [1.165, 1.54) is 11.3 Å². The van der Waals surface area contributed by atoms with Crippen LogP contribution in [-0.4, -0.2) is 20.3 Å². The Bertz CT molecular complexity index is 717. The monoisotopic (exact) mass is 272 g/mol. The maximum absolute atomic E-state index is 12.0. The quantitative estimate of drug-likeness (QED) is 0.793. The van der Waals surface area contributed by atoms with Gasteiger partial charge in [-0.25, -0.2) is 4.98 Å². The van der Waals surface area contributed by atoms with E-state index in [4.69, 9.17) is 0 Å². The fourth-order valence-electron chi connectivity index (χ4n) is 1.78. The molecule has 0 saturated carbocycles. The molecule has 0 aliphatic carbocycles. The number of carbonyl (C=O) groups is 1. The number of aromatic nitrogens is 3. The molecule has 3 rings (SSSR count). The average Bonchev–Trinajstić information content (AvgIpc) is 3.00. The van der Waals surface area contributed by atoms with Crippen molar-refractivity contribution >= 4 is 22.2 Å². The van der Waals surface area contributed by atoms with Crippen LogP contribution in [0.3, 0.4) is 0 Å². The van der Waals surface area contributed by atoms with E-state index in [0.717, 1.165) is 16.2 Å². The van der Waals surface area contributed by atoms with Crippen molar-refractivity contribution in [3.63, 3.8) is 0 Å². The third-order valence-electron chi connectivity index (χ3n) is 2.80. The number of carbonyl (C=O) groups excluding carboxylic acids is 1. The maximum Gasteiger partial charge on any atom is 0.271 e. The zero-order chi connectivity index (χ0) is 13.2. The van der Waals surface area contributed by atoms with Crippen molar-refractivity contribution in [2.45, 2.75) is 13.5 Å². The Morgan fingerprint density at radius 3 is 3.16 bits per heavy atom. The number of imidazole rings is 1. The average molecular weight is 272 g/mol. The summed E-state index contributed by atoms with van der Waals surface area (Å²) < 4.78 is 1.92. The number of rotatable bonds is 3. The second-order valence-corrected chi connectivity index (χ2v) is 5.04. The van der Waals surface area contributed by atoms with E-state index in [1.54, 1.807) is 18.6 Å². The van der Waals surface area contributed by atoms with Crippen molar-refractivity contribution in [3.05, 3.63) is 53.1 Å². The predicted molar refractivity (Wildman–Crippen MR) is 73.2 cm³/mol. The fourth-order valence-corrected chi connectivity index (χ4v) is 2.63. The highest BCUT2D eigenvalue weighted by molar-refractivity contribution is 7.15. The van der Waals surface area contributed by atoms with Gasteiger partial charge in [0.2, 0.25) is 0 Å². The third-order valence-corrected chi connectivity index (χ3v) is 3.75. The minimum atomic E-state index is -0.167. The van der Waals surface area contributed by atoms with Crippen molar-refractivity contribution < 1.29 is 4.79 Å². The van der Waals surface area contributed by atoms with E-state index in [0.29, 0.717) is 12.2 Å². The van der Waals surface area contributed by atoms with Gasteiger partial charge in [0, 0.05) is 36.2 Å². The molecule has 1 amide bonds. The molecule has 19 heavy (non-hydrogen) atoms. The van der Waals surface area contributed by atoms with Crippen LogP contribution >= 0.6 is 11.3 Å². The molecule has 0 saturated heterocycles. The number of fused-ring (bicyclic) bond motifs is 1. The summed E-state index contributed by atoms with van der Waals surface area (Å²) in [4.78, 5) is 21.1. The standard InChI is InChI=1S/C13H12N4OS/c1-9-8-19-13-16-11(7-17(9)13)12(18)15-6-10-3-2-4-14-5-10/h2-5,7-8H,6H2,1H3,(H,15,18). The number of pyridine rings is 1. The van der Waals surface area contributed by atoms with E-state index in [2.05, 4.69) is 15.3 Å². The Kier molecular flexibility index (Phi) is 3.00. The number of amides is 1. The van der Waals surface area contributed by atoms with Crippen molar-refractivity contribution in [2.75, 3.05) is 0 Å². The van der Waals surface area contributed by atoms with Crippen LogP contribution in [0, 0.1) is 6.92 Å². The number of hydrogen-bond acceptors (Lipinski definition) is 4. The Hall–Kier alpha value is -2.21. The molecule has 5 nitrogen and oxygen atoms in total. The Balaban J connectivity index is 1.73. The zero-order valence-corrected chi connectivity index (χ0v) is 11.1. The lowest BCUT2D eigenvalue weighted by atomic mass is 10.3. The first-order valence-corrected chi connectivity index (χ1v) is 6.72.